The molecule has 2 heterocycles. The third kappa shape index (κ3) is 6.99. The molecule has 0 spiro atoms. The first kappa shape index (κ1) is 28.7. The Labute approximate surface area is 230 Å². The van der Waals surface area contributed by atoms with Crippen molar-refractivity contribution < 1.29 is 19.1 Å². The first-order valence-corrected chi connectivity index (χ1v) is 14.6. The molecule has 3 atom stereocenters. The van der Waals surface area contributed by atoms with Crippen molar-refractivity contribution in [2.24, 2.45) is 22.4 Å². The van der Waals surface area contributed by atoms with Crippen molar-refractivity contribution in [2.75, 3.05) is 18.1 Å². The highest BCUT2D eigenvalue weighted by atomic mass is 32.1. The van der Waals surface area contributed by atoms with Gasteiger partial charge in [0.2, 0.25) is 5.91 Å². The number of thiophene rings is 1. The Kier molecular flexibility index (Phi) is 9.23. The van der Waals surface area contributed by atoms with Gasteiger partial charge >= 0.3 is 5.91 Å². The molecule has 0 radical (unpaired) electrons. The summed E-state index contributed by atoms with van der Waals surface area (Å²) in [6.45, 7) is 11.7. The van der Waals surface area contributed by atoms with Crippen LogP contribution >= 0.6 is 11.3 Å². The molecule has 0 aromatic carbocycles. The summed E-state index contributed by atoms with van der Waals surface area (Å²) in [6, 6.07) is 1.73. The molecule has 2 aliphatic carbocycles. The molecule has 38 heavy (non-hydrogen) atoms. The number of carbonyl (C=O) groups excluding carboxylic acids is 2. The van der Waals surface area contributed by atoms with Gasteiger partial charge in [0.05, 0.1) is 29.4 Å². The van der Waals surface area contributed by atoms with Crippen LogP contribution in [0.2, 0.25) is 0 Å². The molecule has 7 nitrogen and oxygen atoms in total. The predicted molar refractivity (Wildman–Crippen MR) is 150 cm³/mol. The smallest absolute Gasteiger partial charge is 0.328 e. The van der Waals surface area contributed by atoms with Crippen molar-refractivity contribution in [3.8, 4) is 11.8 Å². The quantitative estimate of drug-likeness (QED) is 0.234. The zero-order valence-electron chi connectivity index (χ0n) is 23.2. The lowest BCUT2D eigenvalue weighted by Crippen LogP contribution is -2.48. The average Bonchev–Trinajstić information content (AvgIpc) is 3.53. The molecule has 2 amide bonds. The molecule has 0 N–H and O–H groups in total. The van der Waals surface area contributed by atoms with E-state index in [1.54, 1.807) is 0 Å². The molecule has 1 saturated carbocycles. The van der Waals surface area contributed by atoms with Gasteiger partial charge in [-0.15, -0.1) is 16.2 Å². The molecule has 1 aromatic heterocycles. The second-order valence-electron chi connectivity index (χ2n) is 12.1. The van der Waals surface area contributed by atoms with Crippen LogP contribution in [0.4, 0.5) is 5.69 Å². The lowest BCUT2D eigenvalue weighted by Gasteiger charge is -2.40. The lowest BCUT2D eigenvalue weighted by molar-refractivity contribution is -0.124. The molecule has 8 heteroatoms. The molecule has 0 bridgehead atoms. The Morgan fingerprint density at radius 1 is 1.16 bits per heavy atom. The first-order valence-electron chi connectivity index (χ1n) is 13.8. The summed E-state index contributed by atoms with van der Waals surface area (Å²) in [5.41, 5.74) is 1.56. The molecule has 2 fully saturated rings. The summed E-state index contributed by atoms with van der Waals surface area (Å²) < 4.78 is 11.7. The minimum Gasteiger partial charge on any atom is -0.379 e. The van der Waals surface area contributed by atoms with E-state index in [4.69, 9.17) is 9.47 Å². The van der Waals surface area contributed by atoms with Crippen LogP contribution in [-0.2, 0) is 14.3 Å². The van der Waals surface area contributed by atoms with E-state index in [9.17, 15) is 14.5 Å². The van der Waals surface area contributed by atoms with Gasteiger partial charge in [-0.25, -0.2) is 0 Å². The van der Waals surface area contributed by atoms with Crippen LogP contribution in [0.5, 0.6) is 0 Å². The molecule has 1 aliphatic heterocycles. The Hall–Kier alpha value is -2.34. The zero-order chi connectivity index (χ0) is 27.4. The molecule has 206 valence electrons. The van der Waals surface area contributed by atoms with E-state index in [1.165, 1.54) is 5.57 Å². The Morgan fingerprint density at radius 3 is 2.50 bits per heavy atom. The zero-order valence-corrected chi connectivity index (χ0v) is 24.1. The van der Waals surface area contributed by atoms with Crippen LogP contribution in [0.25, 0.3) is 0 Å². The molecular formula is C30H40N2O5S. The minimum atomic E-state index is -0.850. The number of carbonyl (C=O) groups is 2. The van der Waals surface area contributed by atoms with Crippen molar-refractivity contribution in [2.45, 2.75) is 97.8 Å². The predicted octanol–water partition coefficient (Wildman–Crippen LogP) is 6.49. The highest BCUT2D eigenvalue weighted by Crippen LogP contribution is 2.40. The standard InChI is InChI=1S/C30H40N2O5S/c1-19-6-11-25(20(2)16-19)29(34)32(21-7-9-22(10-8-21)37-23-13-15-36-18-23)26-17-24(12-14-30(3,4)5)38-27(26)28(33)31-35/h6,17,20-23,25H,7-11,13,15-16,18H2,1-5H3/t20-,21?,22?,23+,25+/m0/s1. The van der Waals surface area contributed by atoms with Crippen LogP contribution in [0.3, 0.4) is 0 Å². The highest BCUT2D eigenvalue weighted by molar-refractivity contribution is 7.15. The normalized spacial score (nSPS) is 27.7. The fourth-order valence-electron chi connectivity index (χ4n) is 5.71. The second kappa shape index (κ2) is 12.2. The summed E-state index contributed by atoms with van der Waals surface area (Å²) >= 11 is 1.15. The summed E-state index contributed by atoms with van der Waals surface area (Å²) in [7, 11) is 0. The van der Waals surface area contributed by atoms with Crippen LogP contribution in [0.15, 0.2) is 22.9 Å². The molecule has 1 saturated heterocycles. The number of allylic oxidation sites excluding steroid dienone is 2. The van der Waals surface area contributed by atoms with Crippen molar-refractivity contribution in [3.63, 3.8) is 0 Å². The minimum absolute atomic E-state index is 0.0166. The second-order valence-corrected chi connectivity index (χ2v) is 13.1. The van der Waals surface area contributed by atoms with Gasteiger partial charge in [-0.3, -0.25) is 9.59 Å². The van der Waals surface area contributed by atoms with Gasteiger partial charge in [0, 0.05) is 29.2 Å². The summed E-state index contributed by atoms with van der Waals surface area (Å²) in [6.07, 6.45) is 8.12. The molecule has 3 aliphatic rings. The van der Waals surface area contributed by atoms with Crippen molar-refractivity contribution >= 4 is 28.8 Å². The first-order chi connectivity index (χ1) is 18.1. The fourth-order valence-corrected chi connectivity index (χ4v) is 6.59. The number of amides is 2. The number of anilines is 1. The van der Waals surface area contributed by atoms with Gasteiger partial charge in [-0.2, -0.15) is 0 Å². The third-order valence-electron chi connectivity index (χ3n) is 7.70. The van der Waals surface area contributed by atoms with E-state index in [0.717, 1.165) is 56.5 Å². The van der Waals surface area contributed by atoms with Crippen LogP contribution < -0.4 is 4.90 Å². The Bertz CT molecular complexity index is 1120. The van der Waals surface area contributed by atoms with E-state index in [2.05, 4.69) is 36.9 Å². The maximum Gasteiger partial charge on any atom is 0.328 e. The van der Waals surface area contributed by atoms with E-state index < -0.39 is 5.91 Å². The van der Waals surface area contributed by atoms with Crippen molar-refractivity contribution in [1.82, 2.24) is 0 Å². The molecule has 4 rings (SSSR count). The summed E-state index contributed by atoms with van der Waals surface area (Å²) in [5.74, 6) is 5.54. The maximum atomic E-state index is 14.3. The van der Waals surface area contributed by atoms with Gasteiger partial charge in [0.15, 0.2) is 0 Å². The number of hydrogen-bond acceptors (Lipinski definition) is 6. The van der Waals surface area contributed by atoms with Gasteiger partial charge in [0.1, 0.15) is 4.88 Å². The number of hydrogen-bond donors (Lipinski definition) is 0. The number of nitroso groups, excluding NO2 is 1. The average molecular weight is 541 g/mol. The number of ether oxygens (including phenoxy) is 2. The largest absolute Gasteiger partial charge is 0.379 e. The van der Waals surface area contributed by atoms with E-state index in [0.29, 0.717) is 23.6 Å². The Balaban J connectivity index is 1.66. The topological polar surface area (TPSA) is 85.3 Å². The highest BCUT2D eigenvalue weighted by Gasteiger charge is 2.39. The Morgan fingerprint density at radius 2 is 1.89 bits per heavy atom. The summed E-state index contributed by atoms with van der Waals surface area (Å²) in [5, 5.41) is 2.73. The van der Waals surface area contributed by atoms with Crippen LogP contribution in [0, 0.1) is 34.0 Å². The number of nitrogens with zero attached hydrogens (tertiary/aromatic N) is 2. The monoisotopic (exact) mass is 540 g/mol. The van der Waals surface area contributed by atoms with E-state index in [1.807, 2.05) is 31.7 Å². The van der Waals surface area contributed by atoms with Crippen LogP contribution in [0.1, 0.15) is 94.1 Å². The van der Waals surface area contributed by atoms with Gasteiger partial charge < -0.3 is 14.4 Å². The molecule has 1 aromatic rings. The molecule has 0 unspecified atom stereocenters. The SMILES string of the molecule is CC1=CC[C@@H](C(=O)N(c2cc(C#CC(C)(C)C)sc2C(=O)N=O)C2CCC(O[C@@H]3CCOC3)CC2)[C@@H](C)C1. The number of rotatable bonds is 6. The molecular weight excluding hydrogens is 500 g/mol. The lowest BCUT2D eigenvalue weighted by atomic mass is 9.79. The third-order valence-corrected chi connectivity index (χ3v) is 8.72. The van der Waals surface area contributed by atoms with Gasteiger partial charge in [-0.05, 0) is 84.6 Å². The maximum absolute atomic E-state index is 14.3. The summed E-state index contributed by atoms with van der Waals surface area (Å²) in [4.78, 5) is 41.0. The van der Waals surface area contributed by atoms with Crippen LogP contribution in [-0.4, -0.2) is 43.3 Å². The van der Waals surface area contributed by atoms with Gasteiger partial charge in [0.25, 0.3) is 0 Å². The van der Waals surface area contributed by atoms with Crippen molar-refractivity contribution in [1.29, 1.82) is 0 Å². The fraction of sp³-hybridized carbons (Fsp3) is 0.667. The van der Waals surface area contributed by atoms with Crippen molar-refractivity contribution in [3.05, 3.63) is 32.4 Å². The van der Waals surface area contributed by atoms with Gasteiger partial charge in [-0.1, -0.05) is 30.4 Å². The van der Waals surface area contributed by atoms with E-state index >= 15 is 0 Å². The van der Waals surface area contributed by atoms with E-state index in [-0.39, 0.29) is 46.3 Å².